The summed E-state index contributed by atoms with van der Waals surface area (Å²) in [7, 11) is 0. The van der Waals surface area contributed by atoms with Crippen LogP contribution in [0.25, 0.3) is 16.5 Å². The van der Waals surface area contributed by atoms with E-state index in [-0.39, 0.29) is 11.5 Å². The second kappa shape index (κ2) is 6.20. The first-order chi connectivity index (χ1) is 12.1. The van der Waals surface area contributed by atoms with Gasteiger partial charge in [-0.3, -0.25) is 4.79 Å². The molecule has 0 bridgehead atoms. The van der Waals surface area contributed by atoms with Gasteiger partial charge in [0.25, 0.3) is 5.91 Å². The zero-order valence-corrected chi connectivity index (χ0v) is 14.1. The average Bonchev–Trinajstić information content (AvgIpc) is 3.07. The summed E-state index contributed by atoms with van der Waals surface area (Å²) in [5, 5.41) is 1.21. The van der Waals surface area contributed by atoms with Crippen LogP contribution in [0.4, 0.5) is 4.39 Å². The number of fused-ring (bicyclic) bond motifs is 1. The lowest BCUT2D eigenvalue weighted by atomic mass is 9.98. The van der Waals surface area contributed by atoms with Crippen LogP contribution in [-0.4, -0.2) is 28.9 Å². The lowest BCUT2D eigenvalue weighted by Crippen LogP contribution is -2.35. The van der Waals surface area contributed by atoms with Gasteiger partial charge in [0.1, 0.15) is 5.82 Å². The van der Waals surface area contributed by atoms with Crippen molar-refractivity contribution in [3.05, 3.63) is 77.2 Å². The van der Waals surface area contributed by atoms with Gasteiger partial charge in [-0.25, -0.2) is 4.39 Å². The predicted molar refractivity (Wildman–Crippen MR) is 97.9 cm³/mol. The van der Waals surface area contributed by atoms with Crippen LogP contribution in [0.5, 0.6) is 0 Å². The van der Waals surface area contributed by atoms with Crippen molar-refractivity contribution >= 4 is 22.4 Å². The predicted octanol–water partition coefficient (Wildman–Crippen LogP) is 4.54. The lowest BCUT2D eigenvalue weighted by molar-refractivity contribution is 0.0768. The summed E-state index contributed by atoms with van der Waals surface area (Å²) in [4.78, 5) is 17.6. The van der Waals surface area contributed by atoms with Gasteiger partial charge in [0.15, 0.2) is 0 Å². The molecule has 1 aliphatic rings. The number of nitrogens with one attached hydrogen (secondary N) is 1. The fourth-order valence-electron chi connectivity index (χ4n) is 3.47. The number of benzene rings is 2. The molecule has 0 unspecified atom stereocenters. The van der Waals surface area contributed by atoms with Crippen LogP contribution in [0.1, 0.15) is 27.9 Å². The molecule has 3 aromatic rings. The van der Waals surface area contributed by atoms with Crippen molar-refractivity contribution in [3.8, 4) is 0 Å². The molecule has 0 spiro atoms. The highest BCUT2D eigenvalue weighted by atomic mass is 19.1. The Bertz CT molecular complexity index is 986. The molecular weight excluding hydrogens is 315 g/mol. The van der Waals surface area contributed by atoms with Crippen LogP contribution in [0.3, 0.4) is 0 Å². The number of H-pyrrole nitrogens is 1. The molecule has 25 heavy (non-hydrogen) atoms. The normalized spacial score (nSPS) is 14.6. The molecule has 0 saturated carbocycles. The van der Waals surface area contributed by atoms with Gasteiger partial charge in [-0.1, -0.05) is 36.4 Å². The van der Waals surface area contributed by atoms with E-state index in [1.54, 1.807) is 23.1 Å². The molecule has 0 saturated heterocycles. The molecule has 4 heteroatoms. The molecule has 1 aliphatic heterocycles. The van der Waals surface area contributed by atoms with Crippen molar-refractivity contribution in [1.29, 1.82) is 0 Å². The summed E-state index contributed by atoms with van der Waals surface area (Å²) in [6, 6.07) is 12.4. The van der Waals surface area contributed by atoms with E-state index in [1.807, 2.05) is 6.20 Å². The number of amides is 1. The highest BCUT2D eigenvalue weighted by molar-refractivity contribution is 5.97. The van der Waals surface area contributed by atoms with E-state index in [0.717, 1.165) is 11.9 Å². The van der Waals surface area contributed by atoms with Gasteiger partial charge in [0.05, 0.1) is 5.56 Å². The van der Waals surface area contributed by atoms with Crippen LogP contribution in [0, 0.1) is 12.7 Å². The van der Waals surface area contributed by atoms with Gasteiger partial charge < -0.3 is 9.88 Å². The highest BCUT2D eigenvalue weighted by Crippen LogP contribution is 2.30. The standard InChI is InChI=1S/C21H19FN2O/c1-14-5-4-7-16-18(13-23-20(14)16)15-9-11-24(12-10-15)21(25)17-6-2-3-8-19(17)22/h2-9,13,23H,10-12H2,1H3. The average molecular weight is 334 g/mol. The van der Waals surface area contributed by atoms with Crippen LogP contribution in [0.2, 0.25) is 0 Å². The molecule has 0 aliphatic carbocycles. The third-order valence-corrected chi connectivity index (χ3v) is 4.87. The van der Waals surface area contributed by atoms with Gasteiger partial charge in [-0.05, 0) is 36.6 Å². The number of halogens is 1. The number of aromatic nitrogens is 1. The Hall–Kier alpha value is -2.88. The molecule has 1 amide bonds. The maximum Gasteiger partial charge on any atom is 0.257 e. The molecule has 4 rings (SSSR count). The molecule has 0 fully saturated rings. The number of hydrogen-bond donors (Lipinski definition) is 1. The summed E-state index contributed by atoms with van der Waals surface area (Å²) < 4.78 is 13.8. The van der Waals surface area contributed by atoms with Crippen molar-refractivity contribution < 1.29 is 9.18 Å². The Morgan fingerprint density at radius 3 is 2.76 bits per heavy atom. The second-order valence-electron chi connectivity index (χ2n) is 6.41. The first-order valence-electron chi connectivity index (χ1n) is 8.45. The second-order valence-corrected chi connectivity index (χ2v) is 6.41. The minimum absolute atomic E-state index is 0.141. The molecule has 126 valence electrons. The van der Waals surface area contributed by atoms with E-state index in [4.69, 9.17) is 0 Å². The maximum atomic E-state index is 13.8. The van der Waals surface area contributed by atoms with Gasteiger partial charge in [-0.2, -0.15) is 0 Å². The third-order valence-electron chi connectivity index (χ3n) is 4.87. The smallest absolute Gasteiger partial charge is 0.257 e. The Labute approximate surface area is 145 Å². The minimum atomic E-state index is -0.464. The van der Waals surface area contributed by atoms with Crippen molar-refractivity contribution in [2.75, 3.05) is 13.1 Å². The Balaban J connectivity index is 1.59. The van der Waals surface area contributed by atoms with Gasteiger partial charge in [0.2, 0.25) is 0 Å². The number of para-hydroxylation sites is 1. The summed E-state index contributed by atoms with van der Waals surface area (Å²) in [5.74, 6) is -0.711. The van der Waals surface area contributed by atoms with Crippen LogP contribution < -0.4 is 0 Å². The fourth-order valence-corrected chi connectivity index (χ4v) is 3.47. The molecular formula is C21H19FN2O. The third kappa shape index (κ3) is 2.74. The lowest BCUT2D eigenvalue weighted by Gasteiger charge is -2.26. The van der Waals surface area contributed by atoms with Crippen LogP contribution >= 0.6 is 0 Å². The number of aryl methyl sites for hydroxylation is 1. The summed E-state index contributed by atoms with van der Waals surface area (Å²) >= 11 is 0. The van der Waals surface area contributed by atoms with E-state index >= 15 is 0 Å². The zero-order valence-electron chi connectivity index (χ0n) is 14.1. The highest BCUT2D eigenvalue weighted by Gasteiger charge is 2.22. The van der Waals surface area contributed by atoms with Crippen LogP contribution in [-0.2, 0) is 0 Å². The molecule has 0 radical (unpaired) electrons. The number of rotatable bonds is 2. The number of carbonyl (C=O) groups is 1. The number of aromatic amines is 1. The van der Waals surface area contributed by atoms with Crippen molar-refractivity contribution in [2.24, 2.45) is 0 Å². The SMILES string of the molecule is Cc1cccc2c(C3=CCN(C(=O)c4ccccc4F)CC3)c[nH]c12. The summed E-state index contributed by atoms with van der Waals surface area (Å²) in [6.07, 6.45) is 4.88. The molecule has 2 heterocycles. The van der Waals surface area contributed by atoms with E-state index in [0.29, 0.717) is 13.1 Å². The first-order valence-corrected chi connectivity index (χ1v) is 8.45. The molecule has 1 aromatic heterocycles. The van der Waals surface area contributed by atoms with Gasteiger partial charge in [0, 0.05) is 35.8 Å². The maximum absolute atomic E-state index is 13.8. The molecule has 2 aromatic carbocycles. The van der Waals surface area contributed by atoms with Crippen LogP contribution in [0.15, 0.2) is 54.7 Å². The van der Waals surface area contributed by atoms with E-state index in [2.05, 4.69) is 36.2 Å². The van der Waals surface area contributed by atoms with Gasteiger partial charge >= 0.3 is 0 Å². The van der Waals surface area contributed by atoms with Crippen molar-refractivity contribution in [3.63, 3.8) is 0 Å². The first kappa shape index (κ1) is 15.6. The summed E-state index contributed by atoms with van der Waals surface area (Å²) in [6.45, 7) is 3.19. The Morgan fingerprint density at radius 2 is 2.00 bits per heavy atom. The minimum Gasteiger partial charge on any atom is -0.360 e. The summed E-state index contributed by atoms with van der Waals surface area (Å²) in [5.41, 5.74) is 4.94. The topological polar surface area (TPSA) is 36.1 Å². The van der Waals surface area contributed by atoms with E-state index in [9.17, 15) is 9.18 Å². The van der Waals surface area contributed by atoms with Gasteiger partial charge in [-0.15, -0.1) is 0 Å². The fraction of sp³-hybridized carbons (Fsp3) is 0.190. The Morgan fingerprint density at radius 1 is 1.16 bits per heavy atom. The quantitative estimate of drug-likeness (QED) is 0.733. The Kier molecular flexibility index (Phi) is 3.88. The largest absolute Gasteiger partial charge is 0.360 e. The zero-order chi connectivity index (χ0) is 17.4. The van der Waals surface area contributed by atoms with E-state index in [1.165, 1.54) is 28.2 Å². The molecule has 1 N–H and O–H groups in total. The monoisotopic (exact) mass is 334 g/mol. The van der Waals surface area contributed by atoms with Crippen molar-refractivity contribution in [1.82, 2.24) is 9.88 Å². The van der Waals surface area contributed by atoms with Crippen molar-refractivity contribution in [2.45, 2.75) is 13.3 Å². The van der Waals surface area contributed by atoms with E-state index < -0.39 is 5.82 Å². The molecule has 0 atom stereocenters. The number of carbonyl (C=O) groups excluding carboxylic acids is 1. The number of nitrogens with zero attached hydrogens (tertiary/aromatic N) is 1. The number of hydrogen-bond acceptors (Lipinski definition) is 1. The molecule has 3 nitrogen and oxygen atoms in total.